The molecule has 1 aromatic carbocycles. The fourth-order valence-electron chi connectivity index (χ4n) is 2.24. The number of hydrogen-bond acceptors (Lipinski definition) is 2. The second-order valence-electron chi connectivity index (χ2n) is 4.60. The minimum Gasteiger partial charge on any atom is -0.389 e. The summed E-state index contributed by atoms with van der Waals surface area (Å²) < 4.78 is 1.70. The van der Waals surface area contributed by atoms with Crippen LogP contribution in [0, 0.1) is 0 Å². The van der Waals surface area contributed by atoms with Crippen molar-refractivity contribution in [3.63, 3.8) is 0 Å². The van der Waals surface area contributed by atoms with Gasteiger partial charge in [0.2, 0.25) is 0 Å². The van der Waals surface area contributed by atoms with Crippen LogP contribution in [-0.4, -0.2) is 9.56 Å². The van der Waals surface area contributed by atoms with Gasteiger partial charge in [-0.3, -0.25) is 4.79 Å². The molecule has 2 aromatic rings. The fraction of sp³-hybridized carbons (Fsp3) is 0.250. The third kappa shape index (κ3) is 2.65. The van der Waals surface area contributed by atoms with Gasteiger partial charge in [0, 0.05) is 6.54 Å². The lowest BCUT2D eigenvalue weighted by Gasteiger charge is -2.13. The van der Waals surface area contributed by atoms with Gasteiger partial charge in [0.05, 0.1) is 11.3 Å². The number of rotatable bonds is 4. The molecule has 0 bridgehead atoms. The molecule has 1 aromatic heterocycles. The van der Waals surface area contributed by atoms with Crippen LogP contribution in [0.25, 0.3) is 11.3 Å². The molecule has 1 heterocycles. The van der Waals surface area contributed by atoms with E-state index in [2.05, 4.69) is 19.1 Å². The van der Waals surface area contributed by atoms with Gasteiger partial charge < -0.3 is 10.3 Å². The van der Waals surface area contributed by atoms with Crippen molar-refractivity contribution in [1.29, 1.82) is 0 Å². The van der Waals surface area contributed by atoms with Crippen LogP contribution in [0.4, 0.5) is 0 Å². The first-order valence-corrected chi connectivity index (χ1v) is 7.12. The molecule has 0 radical (unpaired) electrons. The Morgan fingerprint density at radius 3 is 2.30 bits per heavy atom. The first kappa shape index (κ1) is 14.5. The summed E-state index contributed by atoms with van der Waals surface area (Å²) in [7, 11) is 0. The van der Waals surface area contributed by atoms with Crippen molar-refractivity contribution in [2.45, 2.75) is 26.8 Å². The number of nitrogens with zero attached hydrogens (tertiary/aromatic N) is 1. The molecule has 2 rings (SSSR count). The zero-order valence-corrected chi connectivity index (χ0v) is 12.5. The van der Waals surface area contributed by atoms with Crippen molar-refractivity contribution in [2.75, 3.05) is 0 Å². The van der Waals surface area contributed by atoms with E-state index in [1.54, 1.807) is 10.6 Å². The SMILES string of the molecule is CCc1ccc(-c2ccc(C(N)=S)c(=O)n2CC)cc1. The van der Waals surface area contributed by atoms with Crippen LogP contribution in [0.15, 0.2) is 41.2 Å². The molecule has 0 spiro atoms. The highest BCUT2D eigenvalue weighted by atomic mass is 32.1. The molecule has 0 aliphatic rings. The van der Waals surface area contributed by atoms with Crippen LogP contribution in [0.2, 0.25) is 0 Å². The number of pyridine rings is 1. The topological polar surface area (TPSA) is 48.0 Å². The van der Waals surface area contributed by atoms with E-state index in [-0.39, 0.29) is 10.5 Å². The first-order valence-electron chi connectivity index (χ1n) is 6.71. The first-order chi connectivity index (χ1) is 9.58. The summed E-state index contributed by atoms with van der Waals surface area (Å²) in [5, 5.41) is 0. The quantitative estimate of drug-likeness (QED) is 0.879. The number of hydrogen-bond donors (Lipinski definition) is 1. The Kier molecular flexibility index (Phi) is 4.35. The van der Waals surface area contributed by atoms with Crippen LogP contribution in [-0.2, 0) is 13.0 Å². The summed E-state index contributed by atoms with van der Waals surface area (Å²) in [5.41, 5.74) is 9.04. The van der Waals surface area contributed by atoms with Crippen LogP contribution in [0.5, 0.6) is 0 Å². The number of thiocarbonyl (C=S) groups is 1. The maximum absolute atomic E-state index is 12.4. The average Bonchev–Trinajstić information content (AvgIpc) is 2.46. The minimum absolute atomic E-state index is 0.128. The Balaban J connectivity index is 2.59. The Bertz CT molecular complexity index is 687. The molecule has 104 valence electrons. The Morgan fingerprint density at radius 1 is 1.15 bits per heavy atom. The minimum atomic E-state index is -0.128. The van der Waals surface area contributed by atoms with Crippen LogP contribution in [0.1, 0.15) is 25.0 Å². The van der Waals surface area contributed by atoms with Crippen molar-refractivity contribution in [3.8, 4) is 11.3 Å². The second kappa shape index (κ2) is 6.01. The average molecular weight is 286 g/mol. The van der Waals surface area contributed by atoms with E-state index in [0.29, 0.717) is 12.1 Å². The molecular weight excluding hydrogens is 268 g/mol. The number of aromatic nitrogens is 1. The van der Waals surface area contributed by atoms with E-state index in [0.717, 1.165) is 17.7 Å². The number of aryl methyl sites for hydroxylation is 1. The van der Waals surface area contributed by atoms with E-state index in [9.17, 15) is 4.79 Å². The Labute approximate surface area is 124 Å². The van der Waals surface area contributed by atoms with Gasteiger partial charge in [-0.1, -0.05) is 43.4 Å². The smallest absolute Gasteiger partial charge is 0.261 e. The zero-order chi connectivity index (χ0) is 14.7. The predicted octanol–water partition coefficient (Wildman–Crippen LogP) is 2.73. The zero-order valence-electron chi connectivity index (χ0n) is 11.7. The molecule has 3 nitrogen and oxygen atoms in total. The highest BCUT2D eigenvalue weighted by Gasteiger charge is 2.10. The molecule has 4 heteroatoms. The van der Waals surface area contributed by atoms with Crippen molar-refractivity contribution in [1.82, 2.24) is 4.57 Å². The molecular formula is C16H18N2OS. The van der Waals surface area contributed by atoms with Crippen molar-refractivity contribution in [3.05, 3.63) is 57.9 Å². The van der Waals surface area contributed by atoms with Crippen molar-refractivity contribution in [2.24, 2.45) is 5.73 Å². The summed E-state index contributed by atoms with van der Waals surface area (Å²) in [6, 6.07) is 11.9. The van der Waals surface area contributed by atoms with Crippen LogP contribution in [0.3, 0.4) is 0 Å². The van der Waals surface area contributed by atoms with Crippen molar-refractivity contribution < 1.29 is 0 Å². The van der Waals surface area contributed by atoms with Gasteiger partial charge in [-0.15, -0.1) is 0 Å². The molecule has 0 atom stereocenters. The van der Waals surface area contributed by atoms with Gasteiger partial charge in [0.1, 0.15) is 4.99 Å². The van der Waals surface area contributed by atoms with Crippen LogP contribution < -0.4 is 11.3 Å². The lowest BCUT2D eigenvalue weighted by molar-refractivity contribution is 0.734. The third-order valence-electron chi connectivity index (χ3n) is 3.41. The van der Waals surface area contributed by atoms with E-state index in [4.69, 9.17) is 18.0 Å². The van der Waals surface area contributed by atoms with Gasteiger partial charge >= 0.3 is 0 Å². The van der Waals surface area contributed by atoms with E-state index in [1.165, 1.54) is 5.56 Å². The van der Waals surface area contributed by atoms with E-state index in [1.807, 2.05) is 25.1 Å². The maximum Gasteiger partial charge on any atom is 0.261 e. The number of nitrogens with two attached hydrogens (primary N) is 1. The van der Waals surface area contributed by atoms with E-state index < -0.39 is 0 Å². The summed E-state index contributed by atoms with van der Waals surface area (Å²) in [6.07, 6.45) is 1.00. The Morgan fingerprint density at radius 2 is 1.80 bits per heavy atom. The number of benzene rings is 1. The summed E-state index contributed by atoms with van der Waals surface area (Å²) in [6.45, 7) is 4.64. The lowest BCUT2D eigenvalue weighted by atomic mass is 10.1. The Hall–Kier alpha value is -1.94. The molecule has 0 aliphatic carbocycles. The van der Waals surface area contributed by atoms with Crippen LogP contribution >= 0.6 is 12.2 Å². The molecule has 0 saturated carbocycles. The molecule has 2 N–H and O–H groups in total. The standard InChI is InChI=1S/C16H18N2OS/c1-3-11-5-7-12(8-6-11)14-10-9-13(15(17)20)16(19)18(14)4-2/h5-10H,3-4H2,1-2H3,(H2,17,20). The normalized spacial score (nSPS) is 10.5. The molecule has 0 unspecified atom stereocenters. The molecule has 20 heavy (non-hydrogen) atoms. The van der Waals surface area contributed by atoms with Crippen molar-refractivity contribution >= 4 is 17.2 Å². The monoisotopic (exact) mass is 286 g/mol. The van der Waals surface area contributed by atoms with Gasteiger partial charge in [-0.2, -0.15) is 0 Å². The summed E-state index contributed by atoms with van der Waals surface area (Å²) in [5.74, 6) is 0. The predicted molar refractivity (Wildman–Crippen MR) is 87.1 cm³/mol. The largest absolute Gasteiger partial charge is 0.389 e. The van der Waals surface area contributed by atoms with Gasteiger partial charge in [0.25, 0.3) is 5.56 Å². The lowest BCUT2D eigenvalue weighted by Crippen LogP contribution is -2.29. The summed E-state index contributed by atoms with van der Waals surface area (Å²) >= 11 is 4.91. The van der Waals surface area contributed by atoms with Gasteiger partial charge in [0.15, 0.2) is 0 Å². The van der Waals surface area contributed by atoms with E-state index >= 15 is 0 Å². The fourth-order valence-corrected chi connectivity index (χ4v) is 2.40. The molecule has 0 saturated heterocycles. The second-order valence-corrected chi connectivity index (χ2v) is 5.04. The summed E-state index contributed by atoms with van der Waals surface area (Å²) in [4.78, 5) is 12.5. The van der Waals surface area contributed by atoms with Gasteiger partial charge in [-0.25, -0.2) is 0 Å². The highest BCUT2D eigenvalue weighted by molar-refractivity contribution is 7.80. The third-order valence-corrected chi connectivity index (χ3v) is 3.63. The molecule has 0 aliphatic heterocycles. The maximum atomic E-state index is 12.4. The highest BCUT2D eigenvalue weighted by Crippen LogP contribution is 2.19. The molecule has 0 fully saturated rings. The van der Waals surface area contributed by atoms with Gasteiger partial charge in [-0.05, 0) is 36.6 Å². The molecule has 0 amide bonds.